The summed E-state index contributed by atoms with van der Waals surface area (Å²) >= 11 is 0. The maximum Gasteiger partial charge on any atom is 0.331 e. The Morgan fingerprint density at radius 2 is 1.92 bits per heavy atom. The Labute approximate surface area is 155 Å². The molecule has 0 aliphatic heterocycles. The molecule has 0 radical (unpaired) electrons. The van der Waals surface area contributed by atoms with Crippen molar-refractivity contribution in [3.63, 3.8) is 0 Å². The zero-order chi connectivity index (χ0) is 18.9. The van der Waals surface area contributed by atoms with Crippen LogP contribution in [0.5, 0.6) is 5.75 Å². The third-order valence-electron chi connectivity index (χ3n) is 4.70. The molecule has 1 aromatic rings. The van der Waals surface area contributed by atoms with Gasteiger partial charge in [0.2, 0.25) is 0 Å². The molecule has 0 bridgehead atoms. The van der Waals surface area contributed by atoms with E-state index in [1.165, 1.54) is 12.5 Å². The van der Waals surface area contributed by atoms with Gasteiger partial charge >= 0.3 is 5.97 Å². The van der Waals surface area contributed by atoms with Crippen molar-refractivity contribution in [1.82, 2.24) is 5.32 Å². The number of carbonyl (C=O) groups is 2. The average Bonchev–Trinajstić information content (AvgIpc) is 2.63. The molecule has 1 aliphatic rings. The highest BCUT2D eigenvalue weighted by Crippen LogP contribution is 2.23. The van der Waals surface area contributed by atoms with Crippen molar-refractivity contribution in [3.8, 4) is 5.75 Å². The SMILES string of the molecule is CCOc1ccc(/C=C/C(=O)O[C@@H](C)C(=O)N[C@@H]2CCCC[C@@H]2C)cc1. The molecule has 0 heterocycles. The molecule has 142 valence electrons. The van der Waals surface area contributed by atoms with Crippen molar-refractivity contribution < 1.29 is 19.1 Å². The van der Waals surface area contributed by atoms with Gasteiger partial charge in [-0.1, -0.05) is 31.9 Å². The first kappa shape index (κ1) is 20.0. The van der Waals surface area contributed by atoms with Crippen LogP contribution in [0.25, 0.3) is 6.08 Å². The maximum absolute atomic E-state index is 12.2. The molecule has 1 aromatic carbocycles. The van der Waals surface area contributed by atoms with Crippen LogP contribution in [-0.4, -0.2) is 30.6 Å². The lowest BCUT2D eigenvalue weighted by Gasteiger charge is -2.30. The normalized spacial score (nSPS) is 21.2. The molecule has 5 heteroatoms. The van der Waals surface area contributed by atoms with Crippen LogP contribution in [0.2, 0.25) is 0 Å². The molecule has 1 fully saturated rings. The fourth-order valence-electron chi connectivity index (χ4n) is 3.10. The molecule has 0 spiro atoms. The van der Waals surface area contributed by atoms with Gasteiger partial charge in [-0.2, -0.15) is 0 Å². The van der Waals surface area contributed by atoms with Crippen LogP contribution >= 0.6 is 0 Å². The lowest BCUT2D eigenvalue weighted by molar-refractivity contribution is -0.150. The minimum absolute atomic E-state index is 0.178. The van der Waals surface area contributed by atoms with E-state index in [1.807, 2.05) is 31.2 Å². The van der Waals surface area contributed by atoms with Gasteiger partial charge in [-0.3, -0.25) is 4.79 Å². The predicted octanol–water partition coefficient (Wildman–Crippen LogP) is 3.73. The molecular formula is C21H29NO4. The second-order valence-corrected chi connectivity index (χ2v) is 6.79. The largest absolute Gasteiger partial charge is 0.494 e. The Balaban J connectivity index is 1.81. The zero-order valence-corrected chi connectivity index (χ0v) is 15.9. The summed E-state index contributed by atoms with van der Waals surface area (Å²) in [7, 11) is 0. The molecule has 2 rings (SSSR count). The molecule has 1 aliphatic carbocycles. The quantitative estimate of drug-likeness (QED) is 0.595. The van der Waals surface area contributed by atoms with Crippen molar-refractivity contribution in [2.45, 2.75) is 58.6 Å². The summed E-state index contributed by atoms with van der Waals surface area (Å²) in [4.78, 5) is 24.2. The van der Waals surface area contributed by atoms with E-state index in [-0.39, 0.29) is 11.9 Å². The maximum atomic E-state index is 12.2. The van der Waals surface area contributed by atoms with Crippen LogP contribution in [0, 0.1) is 5.92 Å². The number of amides is 1. The zero-order valence-electron chi connectivity index (χ0n) is 15.9. The highest BCUT2D eigenvalue weighted by atomic mass is 16.5. The summed E-state index contributed by atoms with van der Waals surface area (Å²) in [6.45, 7) is 6.29. The van der Waals surface area contributed by atoms with E-state index >= 15 is 0 Å². The topological polar surface area (TPSA) is 64.6 Å². The smallest absolute Gasteiger partial charge is 0.331 e. The van der Waals surface area contributed by atoms with Crippen LogP contribution in [0.4, 0.5) is 0 Å². The monoisotopic (exact) mass is 359 g/mol. The summed E-state index contributed by atoms with van der Waals surface area (Å²) in [6, 6.07) is 7.58. The summed E-state index contributed by atoms with van der Waals surface area (Å²) in [5.74, 6) is 0.495. The molecule has 1 amide bonds. The summed E-state index contributed by atoms with van der Waals surface area (Å²) in [6.07, 6.45) is 6.66. The Morgan fingerprint density at radius 1 is 1.23 bits per heavy atom. The Bertz CT molecular complexity index is 623. The summed E-state index contributed by atoms with van der Waals surface area (Å²) in [5.41, 5.74) is 0.860. The number of ether oxygens (including phenoxy) is 2. The number of hydrogen-bond acceptors (Lipinski definition) is 4. The van der Waals surface area contributed by atoms with E-state index in [0.717, 1.165) is 30.6 Å². The van der Waals surface area contributed by atoms with Crippen molar-refractivity contribution >= 4 is 18.0 Å². The van der Waals surface area contributed by atoms with E-state index in [2.05, 4.69) is 12.2 Å². The molecule has 0 saturated heterocycles. The molecule has 26 heavy (non-hydrogen) atoms. The van der Waals surface area contributed by atoms with Gasteiger partial charge in [0.05, 0.1) is 6.61 Å². The van der Waals surface area contributed by atoms with Crippen LogP contribution in [-0.2, 0) is 14.3 Å². The first-order chi connectivity index (χ1) is 12.5. The van der Waals surface area contributed by atoms with Gasteiger partial charge in [0.15, 0.2) is 6.10 Å². The number of benzene rings is 1. The predicted molar refractivity (Wildman–Crippen MR) is 102 cm³/mol. The number of rotatable bonds is 7. The van der Waals surface area contributed by atoms with E-state index in [0.29, 0.717) is 12.5 Å². The number of nitrogens with one attached hydrogen (secondary N) is 1. The highest BCUT2D eigenvalue weighted by molar-refractivity contribution is 5.90. The van der Waals surface area contributed by atoms with E-state index in [9.17, 15) is 9.59 Å². The lowest BCUT2D eigenvalue weighted by atomic mass is 9.86. The lowest BCUT2D eigenvalue weighted by Crippen LogP contribution is -2.45. The molecule has 5 nitrogen and oxygen atoms in total. The van der Waals surface area contributed by atoms with Gasteiger partial charge in [0.1, 0.15) is 5.75 Å². The molecule has 3 atom stereocenters. The fraction of sp³-hybridized carbons (Fsp3) is 0.524. The van der Waals surface area contributed by atoms with Crippen LogP contribution < -0.4 is 10.1 Å². The van der Waals surface area contributed by atoms with Gasteiger partial charge in [0, 0.05) is 12.1 Å². The van der Waals surface area contributed by atoms with Crippen molar-refractivity contribution in [3.05, 3.63) is 35.9 Å². The van der Waals surface area contributed by atoms with Crippen LogP contribution in [0.1, 0.15) is 52.0 Å². The third kappa shape index (κ3) is 6.21. The van der Waals surface area contributed by atoms with E-state index in [1.54, 1.807) is 13.0 Å². The Hall–Kier alpha value is -2.30. The third-order valence-corrected chi connectivity index (χ3v) is 4.70. The number of carbonyl (C=O) groups excluding carboxylic acids is 2. The minimum Gasteiger partial charge on any atom is -0.494 e. The molecule has 1 N–H and O–H groups in total. The first-order valence-electron chi connectivity index (χ1n) is 9.41. The number of hydrogen-bond donors (Lipinski definition) is 1. The second kappa shape index (κ2) is 10.00. The van der Waals surface area contributed by atoms with Crippen LogP contribution in [0.15, 0.2) is 30.3 Å². The highest BCUT2D eigenvalue weighted by Gasteiger charge is 2.25. The van der Waals surface area contributed by atoms with Crippen molar-refractivity contribution in [1.29, 1.82) is 0 Å². The van der Waals surface area contributed by atoms with E-state index < -0.39 is 12.1 Å². The standard InChI is InChI=1S/C21H29NO4/c1-4-25-18-12-9-17(10-13-18)11-14-20(23)26-16(3)21(24)22-19-8-6-5-7-15(19)2/h9-16,19H,4-8H2,1-3H3,(H,22,24)/b14-11+/t15-,16-,19+/m0/s1. The average molecular weight is 359 g/mol. The van der Waals surface area contributed by atoms with Crippen molar-refractivity contribution in [2.24, 2.45) is 5.92 Å². The fourth-order valence-corrected chi connectivity index (χ4v) is 3.10. The molecule has 0 aromatic heterocycles. The number of esters is 1. The Morgan fingerprint density at radius 3 is 2.58 bits per heavy atom. The van der Waals surface area contributed by atoms with Gasteiger partial charge < -0.3 is 14.8 Å². The minimum atomic E-state index is -0.804. The summed E-state index contributed by atoms with van der Waals surface area (Å²) in [5, 5.41) is 3.01. The molecule has 1 saturated carbocycles. The second-order valence-electron chi connectivity index (χ2n) is 6.79. The van der Waals surface area contributed by atoms with Gasteiger partial charge in [-0.15, -0.1) is 0 Å². The summed E-state index contributed by atoms with van der Waals surface area (Å²) < 4.78 is 10.6. The molecular weight excluding hydrogens is 330 g/mol. The van der Waals surface area contributed by atoms with E-state index in [4.69, 9.17) is 9.47 Å². The molecule has 0 unspecified atom stereocenters. The van der Waals surface area contributed by atoms with Gasteiger partial charge in [0.25, 0.3) is 5.91 Å². The Kier molecular flexibility index (Phi) is 7.70. The first-order valence-corrected chi connectivity index (χ1v) is 9.41. The van der Waals surface area contributed by atoms with Crippen LogP contribution in [0.3, 0.4) is 0 Å². The van der Waals surface area contributed by atoms with Gasteiger partial charge in [-0.05, 0) is 56.4 Å². The van der Waals surface area contributed by atoms with Crippen molar-refractivity contribution in [2.75, 3.05) is 6.61 Å². The van der Waals surface area contributed by atoms with Gasteiger partial charge in [-0.25, -0.2) is 4.79 Å².